The molecule has 1 aliphatic carbocycles. The number of aryl methyl sites for hydroxylation is 1. The molecule has 0 saturated heterocycles. The molecule has 0 heterocycles. The molecule has 0 aliphatic heterocycles. The summed E-state index contributed by atoms with van der Waals surface area (Å²) in [4.78, 5) is 0. The van der Waals surface area contributed by atoms with Gasteiger partial charge in [0.25, 0.3) is 0 Å². The summed E-state index contributed by atoms with van der Waals surface area (Å²) in [6.45, 7) is 7.50. The molecule has 1 aliphatic rings. The van der Waals surface area contributed by atoms with Crippen LogP contribution in [0, 0.1) is 12.3 Å². The van der Waals surface area contributed by atoms with Gasteiger partial charge in [-0.25, -0.2) is 0 Å². The van der Waals surface area contributed by atoms with E-state index in [2.05, 4.69) is 50.4 Å². The molecule has 18 heavy (non-hydrogen) atoms. The molecule has 2 nitrogen and oxygen atoms in total. The van der Waals surface area contributed by atoms with E-state index < -0.39 is 0 Å². The highest BCUT2D eigenvalue weighted by molar-refractivity contribution is 5.24. The molecule has 0 aromatic heterocycles. The Morgan fingerprint density at radius 1 is 1.33 bits per heavy atom. The van der Waals surface area contributed by atoms with Gasteiger partial charge in [-0.1, -0.05) is 43.7 Å². The van der Waals surface area contributed by atoms with Crippen molar-refractivity contribution in [2.75, 3.05) is 6.54 Å². The van der Waals surface area contributed by atoms with E-state index in [9.17, 15) is 0 Å². The van der Waals surface area contributed by atoms with Gasteiger partial charge in [-0.3, -0.25) is 0 Å². The Hall–Kier alpha value is -0.860. The van der Waals surface area contributed by atoms with Gasteiger partial charge in [0, 0.05) is 18.6 Å². The smallest absolute Gasteiger partial charge is 0.0446 e. The Bertz CT molecular complexity index is 381. The van der Waals surface area contributed by atoms with E-state index >= 15 is 0 Å². The predicted molar refractivity (Wildman–Crippen MR) is 77.5 cm³/mol. The average molecular weight is 246 g/mol. The van der Waals surface area contributed by atoms with Crippen LogP contribution >= 0.6 is 0 Å². The molecule has 1 fully saturated rings. The van der Waals surface area contributed by atoms with Crippen molar-refractivity contribution in [3.05, 3.63) is 35.4 Å². The van der Waals surface area contributed by atoms with Crippen LogP contribution in [0.2, 0.25) is 0 Å². The maximum Gasteiger partial charge on any atom is 0.0446 e. The Balaban J connectivity index is 2.00. The molecule has 100 valence electrons. The van der Waals surface area contributed by atoms with Crippen LogP contribution in [0.3, 0.4) is 0 Å². The van der Waals surface area contributed by atoms with Crippen LogP contribution < -0.4 is 11.1 Å². The second-order valence-electron chi connectivity index (χ2n) is 6.47. The molecular formula is C16H26N2. The second kappa shape index (κ2) is 5.41. The van der Waals surface area contributed by atoms with Gasteiger partial charge in [0.15, 0.2) is 0 Å². The van der Waals surface area contributed by atoms with Crippen LogP contribution in [0.1, 0.15) is 50.3 Å². The van der Waals surface area contributed by atoms with E-state index in [1.165, 1.54) is 30.4 Å². The monoisotopic (exact) mass is 246 g/mol. The lowest BCUT2D eigenvalue weighted by Crippen LogP contribution is -2.35. The average Bonchev–Trinajstić information content (AvgIpc) is 2.67. The Labute approximate surface area is 111 Å². The molecule has 0 bridgehead atoms. The highest BCUT2D eigenvalue weighted by Crippen LogP contribution is 2.37. The molecular weight excluding hydrogens is 220 g/mol. The Morgan fingerprint density at radius 3 is 2.50 bits per heavy atom. The number of rotatable bonds is 4. The van der Waals surface area contributed by atoms with Crippen molar-refractivity contribution in [3.8, 4) is 0 Å². The molecule has 2 atom stereocenters. The summed E-state index contributed by atoms with van der Waals surface area (Å²) in [6, 6.07) is 9.63. The third-order valence-electron chi connectivity index (χ3n) is 4.12. The van der Waals surface area contributed by atoms with Crippen molar-refractivity contribution in [2.45, 2.75) is 52.1 Å². The van der Waals surface area contributed by atoms with Crippen LogP contribution in [0.15, 0.2) is 24.3 Å². The van der Waals surface area contributed by atoms with Gasteiger partial charge >= 0.3 is 0 Å². The lowest BCUT2D eigenvalue weighted by atomic mass is 9.91. The van der Waals surface area contributed by atoms with Crippen LogP contribution in [0.25, 0.3) is 0 Å². The van der Waals surface area contributed by atoms with E-state index in [0.717, 1.165) is 0 Å². The summed E-state index contributed by atoms with van der Waals surface area (Å²) in [5.74, 6) is 0. The number of nitrogens with two attached hydrogens (primary N) is 1. The van der Waals surface area contributed by atoms with Crippen LogP contribution in [0.4, 0.5) is 0 Å². The first-order valence-electron chi connectivity index (χ1n) is 7.03. The predicted octanol–water partition coefficient (Wildman–Crippen LogP) is 3.16. The number of hydrogen-bond acceptors (Lipinski definition) is 2. The number of hydrogen-bond donors (Lipinski definition) is 2. The van der Waals surface area contributed by atoms with Crippen molar-refractivity contribution in [1.29, 1.82) is 0 Å². The van der Waals surface area contributed by atoms with Crippen LogP contribution in [0.5, 0.6) is 0 Å². The Kier molecular flexibility index (Phi) is 4.08. The highest BCUT2D eigenvalue weighted by Gasteiger charge is 2.31. The fourth-order valence-corrected chi connectivity index (χ4v) is 2.96. The summed E-state index contributed by atoms with van der Waals surface area (Å²) in [6.07, 6.45) is 3.85. The highest BCUT2D eigenvalue weighted by atomic mass is 15.0. The van der Waals surface area contributed by atoms with Gasteiger partial charge in [0.2, 0.25) is 0 Å². The van der Waals surface area contributed by atoms with Crippen LogP contribution in [-0.2, 0) is 0 Å². The Morgan fingerprint density at radius 2 is 2.00 bits per heavy atom. The minimum Gasteiger partial charge on any atom is -0.329 e. The second-order valence-corrected chi connectivity index (χ2v) is 6.47. The van der Waals surface area contributed by atoms with E-state index in [1.807, 2.05) is 0 Å². The topological polar surface area (TPSA) is 38.0 Å². The van der Waals surface area contributed by atoms with Crippen molar-refractivity contribution in [1.82, 2.24) is 5.32 Å². The molecule has 2 unspecified atom stereocenters. The number of benzene rings is 1. The molecule has 2 heteroatoms. The lowest BCUT2D eigenvalue weighted by Gasteiger charge is -2.24. The van der Waals surface area contributed by atoms with Crippen molar-refractivity contribution >= 4 is 0 Å². The fourth-order valence-electron chi connectivity index (χ4n) is 2.96. The lowest BCUT2D eigenvalue weighted by molar-refractivity contribution is 0.353. The first kappa shape index (κ1) is 13.6. The zero-order valence-electron chi connectivity index (χ0n) is 11.9. The zero-order chi connectivity index (χ0) is 13.2. The third-order valence-corrected chi connectivity index (χ3v) is 4.12. The summed E-state index contributed by atoms with van der Waals surface area (Å²) in [5, 5.41) is 3.73. The van der Waals surface area contributed by atoms with Crippen LogP contribution in [-0.4, -0.2) is 12.6 Å². The minimum absolute atomic E-state index is 0.296. The number of nitrogens with one attached hydrogen (secondary N) is 1. The van der Waals surface area contributed by atoms with Gasteiger partial charge in [-0.2, -0.15) is 0 Å². The summed E-state index contributed by atoms with van der Waals surface area (Å²) < 4.78 is 0. The summed E-state index contributed by atoms with van der Waals surface area (Å²) in [7, 11) is 0. The van der Waals surface area contributed by atoms with Gasteiger partial charge in [0.1, 0.15) is 0 Å². The van der Waals surface area contributed by atoms with Gasteiger partial charge < -0.3 is 11.1 Å². The SMILES string of the molecule is Cc1ccc(C(CN)NC2CCC(C)(C)C2)cc1. The van der Waals surface area contributed by atoms with Gasteiger partial charge in [-0.15, -0.1) is 0 Å². The van der Waals surface area contributed by atoms with E-state index in [4.69, 9.17) is 5.73 Å². The van der Waals surface area contributed by atoms with Crippen molar-refractivity contribution < 1.29 is 0 Å². The largest absolute Gasteiger partial charge is 0.329 e. The normalized spacial score (nSPS) is 24.1. The molecule has 3 N–H and O–H groups in total. The fraction of sp³-hybridized carbons (Fsp3) is 0.625. The van der Waals surface area contributed by atoms with Gasteiger partial charge in [0.05, 0.1) is 0 Å². The first-order valence-corrected chi connectivity index (χ1v) is 7.03. The molecule has 1 aromatic rings. The van der Waals surface area contributed by atoms with E-state index in [1.54, 1.807) is 0 Å². The van der Waals surface area contributed by atoms with Crippen molar-refractivity contribution in [2.24, 2.45) is 11.1 Å². The quantitative estimate of drug-likeness (QED) is 0.856. The van der Waals surface area contributed by atoms with E-state index in [-0.39, 0.29) is 0 Å². The molecule has 2 rings (SSSR count). The first-order chi connectivity index (χ1) is 8.50. The standard InChI is InChI=1S/C16H26N2/c1-12-4-6-13(7-5-12)15(11-17)18-14-8-9-16(2,3)10-14/h4-7,14-15,18H,8-11,17H2,1-3H3. The van der Waals surface area contributed by atoms with E-state index in [0.29, 0.717) is 24.0 Å². The maximum absolute atomic E-state index is 5.93. The molecule has 0 spiro atoms. The zero-order valence-corrected chi connectivity index (χ0v) is 11.9. The minimum atomic E-state index is 0.296. The third kappa shape index (κ3) is 3.33. The van der Waals surface area contributed by atoms with Gasteiger partial charge in [-0.05, 0) is 37.2 Å². The van der Waals surface area contributed by atoms with Crippen molar-refractivity contribution in [3.63, 3.8) is 0 Å². The molecule has 0 radical (unpaired) electrons. The molecule has 1 aromatic carbocycles. The summed E-state index contributed by atoms with van der Waals surface area (Å²) in [5.41, 5.74) is 9.03. The molecule has 1 saturated carbocycles. The molecule has 0 amide bonds. The maximum atomic E-state index is 5.93. The summed E-state index contributed by atoms with van der Waals surface area (Å²) >= 11 is 0.